The van der Waals surface area contributed by atoms with Gasteiger partial charge in [-0.2, -0.15) is 0 Å². The summed E-state index contributed by atoms with van der Waals surface area (Å²) >= 11 is 0. The second-order valence-corrected chi connectivity index (χ2v) is 6.75. The van der Waals surface area contributed by atoms with Crippen molar-refractivity contribution in [2.45, 2.75) is 13.5 Å². The Kier molecular flexibility index (Phi) is 3.96. The monoisotopic (exact) mass is 344 g/mol. The molecule has 0 N–H and O–H groups in total. The zero-order chi connectivity index (χ0) is 18.3. The second kappa shape index (κ2) is 6.30. The Bertz CT molecular complexity index is 1020. The lowest BCUT2D eigenvalue weighted by Crippen LogP contribution is -2.39. The van der Waals surface area contributed by atoms with Crippen LogP contribution in [0.15, 0.2) is 60.7 Å². The highest BCUT2D eigenvalue weighted by Crippen LogP contribution is 2.36. The fraction of sp³-hybridized carbons (Fsp3) is 0.182. The highest BCUT2D eigenvalue weighted by atomic mass is 16.2. The van der Waals surface area contributed by atoms with Gasteiger partial charge in [0.1, 0.15) is 6.54 Å². The van der Waals surface area contributed by atoms with E-state index in [-0.39, 0.29) is 18.4 Å². The van der Waals surface area contributed by atoms with Crippen LogP contribution in [0.3, 0.4) is 0 Å². The summed E-state index contributed by atoms with van der Waals surface area (Å²) in [7, 11) is 1.78. The molecule has 0 radical (unpaired) electrons. The van der Waals surface area contributed by atoms with E-state index >= 15 is 0 Å². The van der Waals surface area contributed by atoms with Gasteiger partial charge in [0.15, 0.2) is 0 Å². The van der Waals surface area contributed by atoms with Gasteiger partial charge in [-0.1, -0.05) is 48.5 Å². The minimum atomic E-state index is -0.102. The number of anilines is 1. The number of carbonyl (C=O) groups is 2. The van der Waals surface area contributed by atoms with Crippen LogP contribution in [0.2, 0.25) is 0 Å². The first-order valence-electron chi connectivity index (χ1n) is 8.68. The Morgan fingerprint density at radius 1 is 1.00 bits per heavy atom. The molecule has 1 aliphatic heterocycles. The van der Waals surface area contributed by atoms with E-state index in [1.165, 1.54) is 0 Å². The SMILES string of the molecule is Cc1ccccc1CN(C)C(=O)CN1C(=O)c2cccc3cccc1c23. The van der Waals surface area contributed by atoms with Crippen molar-refractivity contribution in [3.63, 3.8) is 0 Å². The Labute approximate surface area is 152 Å². The number of amides is 2. The van der Waals surface area contributed by atoms with E-state index in [2.05, 4.69) is 0 Å². The van der Waals surface area contributed by atoms with Crippen LogP contribution in [0.5, 0.6) is 0 Å². The first-order valence-corrected chi connectivity index (χ1v) is 8.68. The van der Waals surface area contributed by atoms with Crippen LogP contribution in [-0.2, 0) is 11.3 Å². The van der Waals surface area contributed by atoms with Crippen molar-refractivity contribution in [2.75, 3.05) is 18.5 Å². The lowest BCUT2D eigenvalue weighted by molar-refractivity contribution is -0.128. The first kappa shape index (κ1) is 16.3. The minimum Gasteiger partial charge on any atom is -0.340 e. The molecule has 1 aliphatic rings. The normalized spacial score (nSPS) is 12.7. The molecule has 0 saturated carbocycles. The van der Waals surface area contributed by atoms with Gasteiger partial charge in [0.2, 0.25) is 5.91 Å². The van der Waals surface area contributed by atoms with Crippen LogP contribution < -0.4 is 4.90 Å². The van der Waals surface area contributed by atoms with E-state index in [4.69, 9.17) is 0 Å². The van der Waals surface area contributed by atoms with Gasteiger partial charge in [-0.3, -0.25) is 14.5 Å². The summed E-state index contributed by atoms with van der Waals surface area (Å²) in [4.78, 5) is 28.8. The number of aryl methyl sites for hydroxylation is 1. The highest BCUT2D eigenvalue weighted by molar-refractivity contribution is 6.26. The molecule has 4 heteroatoms. The molecule has 4 rings (SSSR count). The van der Waals surface area contributed by atoms with E-state index in [0.717, 1.165) is 27.6 Å². The molecule has 26 heavy (non-hydrogen) atoms. The van der Waals surface area contributed by atoms with Crippen LogP contribution in [0.1, 0.15) is 21.5 Å². The lowest BCUT2D eigenvalue weighted by Gasteiger charge is -2.23. The highest BCUT2D eigenvalue weighted by Gasteiger charge is 2.31. The largest absolute Gasteiger partial charge is 0.340 e. The third kappa shape index (κ3) is 2.64. The van der Waals surface area contributed by atoms with Crippen molar-refractivity contribution < 1.29 is 9.59 Å². The van der Waals surface area contributed by atoms with Gasteiger partial charge in [-0.15, -0.1) is 0 Å². The van der Waals surface area contributed by atoms with Crippen molar-refractivity contribution in [3.05, 3.63) is 77.4 Å². The van der Waals surface area contributed by atoms with Crippen LogP contribution in [0.25, 0.3) is 10.8 Å². The van der Waals surface area contributed by atoms with Crippen molar-refractivity contribution in [2.24, 2.45) is 0 Å². The average Bonchev–Trinajstić information content (AvgIpc) is 2.92. The Morgan fingerprint density at radius 2 is 1.73 bits per heavy atom. The number of benzene rings is 3. The number of rotatable bonds is 4. The summed E-state index contributed by atoms with van der Waals surface area (Å²) < 4.78 is 0. The molecular formula is C22H20N2O2. The van der Waals surface area contributed by atoms with Gasteiger partial charge < -0.3 is 4.90 Å². The molecule has 0 aliphatic carbocycles. The number of hydrogen-bond donors (Lipinski definition) is 0. The average molecular weight is 344 g/mol. The van der Waals surface area contributed by atoms with Gasteiger partial charge in [0.25, 0.3) is 5.91 Å². The van der Waals surface area contributed by atoms with Crippen molar-refractivity contribution in [3.8, 4) is 0 Å². The number of likely N-dealkylation sites (N-methyl/N-ethyl adjacent to an activating group) is 1. The summed E-state index contributed by atoms with van der Waals surface area (Å²) in [6.45, 7) is 2.62. The molecule has 0 aromatic heterocycles. The fourth-order valence-corrected chi connectivity index (χ4v) is 3.52. The van der Waals surface area contributed by atoms with Gasteiger partial charge >= 0.3 is 0 Å². The quantitative estimate of drug-likeness (QED) is 0.723. The van der Waals surface area contributed by atoms with Gasteiger partial charge in [0.05, 0.1) is 5.69 Å². The molecule has 2 amide bonds. The van der Waals surface area contributed by atoms with Crippen LogP contribution in [-0.4, -0.2) is 30.3 Å². The Hall–Kier alpha value is -3.14. The number of carbonyl (C=O) groups excluding carboxylic acids is 2. The number of hydrogen-bond acceptors (Lipinski definition) is 2. The predicted octanol–water partition coefficient (Wildman–Crippen LogP) is 3.77. The Balaban J connectivity index is 1.56. The molecular weight excluding hydrogens is 324 g/mol. The summed E-state index contributed by atoms with van der Waals surface area (Å²) in [5.74, 6) is -0.180. The van der Waals surface area contributed by atoms with E-state index in [9.17, 15) is 9.59 Å². The van der Waals surface area contributed by atoms with Crippen LogP contribution in [0.4, 0.5) is 5.69 Å². The van der Waals surface area contributed by atoms with Gasteiger partial charge in [-0.25, -0.2) is 0 Å². The first-order chi connectivity index (χ1) is 12.6. The fourth-order valence-electron chi connectivity index (χ4n) is 3.52. The third-order valence-corrected chi connectivity index (χ3v) is 5.04. The summed E-state index contributed by atoms with van der Waals surface area (Å²) in [5, 5.41) is 1.96. The zero-order valence-corrected chi connectivity index (χ0v) is 14.9. The van der Waals surface area contributed by atoms with E-state index in [1.54, 1.807) is 16.8 Å². The molecule has 3 aromatic rings. The summed E-state index contributed by atoms with van der Waals surface area (Å²) in [5.41, 5.74) is 3.76. The Morgan fingerprint density at radius 3 is 2.50 bits per heavy atom. The predicted molar refractivity (Wildman–Crippen MR) is 103 cm³/mol. The molecule has 3 aromatic carbocycles. The molecule has 0 unspecified atom stereocenters. The summed E-state index contributed by atoms with van der Waals surface area (Å²) in [6.07, 6.45) is 0. The molecule has 0 atom stereocenters. The van der Waals surface area contributed by atoms with E-state index in [1.807, 2.05) is 67.6 Å². The van der Waals surface area contributed by atoms with E-state index < -0.39 is 0 Å². The maximum atomic E-state index is 12.8. The topological polar surface area (TPSA) is 40.6 Å². The second-order valence-electron chi connectivity index (χ2n) is 6.75. The van der Waals surface area contributed by atoms with Crippen molar-refractivity contribution >= 4 is 28.3 Å². The third-order valence-electron chi connectivity index (χ3n) is 5.04. The number of nitrogens with zero attached hydrogens (tertiary/aromatic N) is 2. The van der Waals surface area contributed by atoms with Gasteiger partial charge in [-0.05, 0) is 35.6 Å². The molecule has 1 heterocycles. The van der Waals surface area contributed by atoms with Crippen LogP contribution in [0, 0.1) is 6.92 Å². The van der Waals surface area contributed by atoms with E-state index in [0.29, 0.717) is 12.1 Å². The van der Waals surface area contributed by atoms with Crippen molar-refractivity contribution in [1.82, 2.24) is 4.90 Å². The summed E-state index contributed by atoms with van der Waals surface area (Å²) in [6, 6.07) is 19.6. The van der Waals surface area contributed by atoms with Crippen molar-refractivity contribution in [1.29, 1.82) is 0 Å². The molecule has 130 valence electrons. The van der Waals surface area contributed by atoms with Gasteiger partial charge in [0, 0.05) is 24.5 Å². The molecule has 4 nitrogen and oxygen atoms in total. The standard InChI is InChI=1S/C22H20N2O2/c1-15-7-3-4-8-17(15)13-23(2)20(25)14-24-19-12-6-10-16-9-5-11-18(21(16)19)22(24)26/h3-12H,13-14H2,1-2H3. The molecule has 0 fully saturated rings. The maximum absolute atomic E-state index is 12.8. The minimum absolute atomic E-state index is 0.0506. The zero-order valence-electron chi connectivity index (χ0n) is 14.9. The molecule has 0 spiro atoms. The lowest BCUT2D eigenvalue weighted by atomic mass is 10.1. The maximum Gasteiger partial charge on any atom is 0.259 e. The molecule has 0 bridgehead atoms. The van der Waals surface area contributed by atoms with Crippen LogP contribution >= 0.6 is 0 Å². The smallest absolute Gasteiger partial charge is 0.259 e. The molecule has 0 saturated heterocycles.